The second-order valence-corrected chi connectivity index (χ2v) is 9.47. The lowest BCUT2D eigenvalue weighted by atomic mass is 10.1. The molecule has 6 rings (SSSR count). The van der Waals surface area contributed by atoms with Gasteiger partial charge in [-0.2, -0.15) is 0 Å². The largest absolute Gasteiger partial charge is 0.359 e. The first kappa shape index (κ1) is 23.2. The van der Waals surface area contributed by atoms with Crippen molar-refractivity contribution in [3.63, 3.8) is 0 Å². The SMILES string of the molecule is CNC(=O)C1CCN(c2nc(-c3ccnc(Nc4c(F)cccc4F)c3)nc3cncc(C4CC4)c23)C1. The Balaban J connectivity index is 1.43. The smallest absolute Gasteiger partial charge is 0.224 e. The van der Waals surface area contributed by atoms with Crippen molar-refractivity contribution in [1.82, 2.24) is 25.3 Å². The third kappa shape index (κ3) is 4.43. The summed E-state index contributed by atoms with van der Waals surface area (Å²) in [5.74, 6) is 0.408. The normalized spacial score (nSPS) is 17.3. The maximum atomic E-state index is 14.2. The molecule has 0 radical (unpaired) electrons. The number of nitrogens with one attached hydrogen (secondary N) is 2. The molecular formula is C27H25F2N7O. The van der Waals surface area contributed by atoms with Gasteiger partial charge in [-0.1, -0.05) is 6.07 Å². The summed E-state index contributed by atoms with van der Waals surface area (Å²) >= 11 is 0. The molecule has 0 spiro atoms. The molecule has 1 unspecified atom stereocenters. The highest BCUT2D eigenvalue weighted by Gasteiger charge is 2.33. The minimum atomic E-state index is -0.713. The maximum Gasteiger partial charge on any atom is 0.224 e. The quantitative estimate of drug-likeness (QED) is 0.400. The number of anilines is 3. The van der Waals surface area contributed by atoms with Crippen LogP contribution in [0.1, 0.15) is 30.7 Å². The summed E-state index contributed by atoms with van der Waals surface area (Å²) in [6.45, 7) is 1.26. The van der Waals surface area contributed by atoms with Gasteiger partial charge in [0.15, 0.2) is 5.82 Å². The van der Waals surface area contributed by atoms with E-state index in [1.54, 1.807) is 31.6 Å². The van der Waals surface area contributed by atoms with Gasteiger partial charge in [-0.15, -0.1) is 0 Å². The Labute approximate surface area is 212 Å². The molecule has 1 aliphatic carbocycles. The summed E-state index contributed by atoms with van der Waals surface area (Å²) in [6, 6.07) is 7.08. The second kappa shape index (κ2) is 9.34. The third-order valence-corrected chi connectivity index (χ3v) is 6.97. The Morgan fingerprint density at radius 1 is 1.08 bits per heavy atom. The number of halogens is 2. The first-order chi connectivity index (χ1) is 18.0. The van der Waals surface area contributed by atoms with Gasteiger partial charge in [0.25, 0.3) is 0 Å². The molecule has 1 aromatic carbocycles. The topological polar surface area (TPSA) is 95.9 Å². The fraction of sp³-hybridized carbons (Fsp3) is 0.296. The van der Waals surface area contributed by atoms with Crippen LogP contribution < -0.4 is 15.5 Å². The van der Waals surface area contributed by atoms with Crippen molar-refractivity contribution in [2.75, 3.05) is 30.4 Å². The lowest BCUT2D eigenvalue weighted by Gasteiger charge is -2.21. The molecule has 3 aromatic heterocycles. The van der Waals surface area contributed by atoms with Crippen molar-refractivity contribution in [2.24, 2.45) is 5.92 Å². The van der Waals surface area contributed by atoms with Gasteiger partial charge in [-0.05, 0) is 55.0 Å². The summed E-state index contributed by atoms with van der Waals surface area (Å²) in [5, 5.41) is 6.45. The van der Waals surface area contributed by atoms with Crippen LogP contribution in [0.2, 0.25) is 0 Å². The molecule has 1 amide bonds. The number of carbonyl (C=O) groups is 1. The van der Waals surface area contributed by atoms with Crippen LogP contribution in [0.3, 0.4) is 0 Å². The van der Waals surface area contributed by atoms with E-state index < -0.39 is 11.6 Å². The van der Waals surface area contributed by atoms with Gasteiger partial charge in [-0.3, -0.25) is 9.78 Å². The Morgan fingerprint density at radius 2 is 1.89 bits per heavy atom. The predicted octanol–water partition coefficient (Wildman–Crippen LogP) is 4.56. The molecule has 2 N–H and O–H groups in total. The van der Waals surface area contributed by atoms with Crippen LogP contribution in [0.15, 0.2) is 48.9 Å². The number of rotatable bonds is 6. The third-order valence-electron chi connectivity index (χ3n) is 6.97. The van der Waals surface area contributed by atoms with Crippen LogP contribution in [0, 0.1) is 17.6 Å². The van der Waals surface area contributed by atoms with Crippen molar-refractivity contribution in [3.8, 4) is 11.4 Å². The van der Waals surface area contributed by atoms with Gasteiger partial charge in [0.2, 0.25) is 5.91 Å². The number of nitrogens with zero attached hydrogens (tertiary/aromatic N) is 5. The summed E-state index contributed by atoms with van der Waals surface area (Å²) in [5.41, 5.74) is 2.22. The number of hydrogen-bond acceptors (Lipinski definition) is 7. The summed E-state index contributed by atoms with van der Waals surface area (Å²) < 4.78 is 28.4. The van der Waals surface area contributed by atoms with Crippen LogP contribution in [0.25, 0.3) is 22.3 Å². The van der Waals surface area contributed by atoms with Crippen molar-refractivity contribution in [1.29, 1.82) is 0 Å². The first-order valence-electron chi connectivity index (χ1n) is 12.3. The molecule has 1 saturated heterocycles. The summed E-state index contributed by atoms with van der Waals surface area (Å²) in [4.78, 5) is 32.9. The van der Waals surface area contributed by atoms with Gasteiger partial charge >= 0.3 is 0 Å². The van der Waals surface area contributed by atoms with Gasteiger partial charge in [-0.25, -0.2) is 23.7 Å². The molecule has 4 heterocycles. The number of aromatic nitrogens is 4. The van der Waals surface area contributed by atoms with E-state index in [0.717, 1.165) is 41.5 Å². The number of fused-ring (bicyclic) bond motifs is 1. The first-order valence-corrected chi connectivity index (χ1v) is 12.3. The highest BCUT2D eigenvalue weighted by Crippen LogP contribution is 2.45. The van der Waals surface area contributed by atoms with E-state index in [2.05, 4.69) is 25.5 Å². The molecule has 2 fully saturated rings. The van der Waals surface area contributed by atoms with E-state index in [1.807, 2.05) is 6.20 Å². The van der Waals surface area contributed by atoms with Crippen LogP contribution in [-0.2, 0) is 4.79 Å². The molecular weight excluding hydrogens is 476 g/mol. The standard InChI is InChI=1S/C27H25F2N7O/c1-30-27(37)17-8-10-36(14-17)26-23-18(15-5-6-15)12-31-13-21(23)33-25(35-26)16-7-9-32-22(11-16)34-24-19(28)3-2-4-20(24)29/h2-4,7,9,11-13,15,17H,5-6,8,10,14H2,1H3,(H,30,37)(H,32,34). The monoisotopic (exact) mass is 501 g/mol. The Hall–Kier alpha value is -4.21. The minimum Gasteiger partial charge on any atom is -0.359 e. The van der Waals surface area contributed by atoms with E-state index >= 15 is 0 Å². The number of pyridine rings is 2. The molecule has 4 aromatic rings. The molecule has 1 atom stereocenters. The van der Waals surface area contributed by atoms with Gasteiger partial charge in [0.1, 0.15) is 29.0 Å². The van der Waals surface area contributed by atoms with Crippen molar-refractivity contribution in [3.05, 3.63) is 66.1 Å². The van der Waals surface area contributed by atoms with Gasteiger partial charge in [0.05, 0.1) is 17.6 Å². The maximum absolute atomic E-state index is 14.2. The van der Waals surface area contributed by atoms with Crippen LogP contribution in [-0.4, -0.2) is 46.0 Å². The highest BCUT2D eigenvalue weighted by atomic mass is 19.1. The van der Waals surface area contributed by atoms with Crippen molar-refractivity contribution >= 4 is 34.1 Å². The van der Waals surface area contributed by atoms with Crippen LogP contribution in [0.5, 0.6) is 0 Å². The fourth-order valence-electron chi connectivity index (χ4n) is 4.90. The van der Waals surface area contributed by atoms with Crippen molar-refractivity contribution < 1.29 is 13.6 Å². The molecule has 1 aliphatic heterocycles. The van der Waals surface area contributed by atoms with E-state index in [0.29, 0.717) is 30.4 Å². The predicted molar refractivity (Wildman–Crippen MR) is 137 cm³/mol. The molecule has 0 bridgehead atoms. The van der Waals surface area contributed by atoms with E-state index in [1.165, 1.54) is 18.2 Å². The zero-order valence-corrected chi connectivity index (χ0v) is 20.2. The average molecular weight is 502 g/mol. The molecule has 10 heteroatoms. The van der Waals surface area contributed by atoms with Crippen molar-refractivity contribution in [2.45, 2.75) is 25.2 Å². The Bertz CT molecular complexity index is 1490. The highest BCUT2D eigenvalue weighted by molar-refractivity contribution is 5.94. The Kier molecular flexibility index (Phi) is 5.86. The van der Waals surface area contributed by atoms with Gasteiger partial charge < -0.3 is 15.5 Å². The zero-order chi connectivity index (χ0) is 25.5. The van der Waals surface area contributed by atoms with E-state index in [9.17, 15) is 13.6 Å². The Morgan fingerprint density at radius 3 is 2.65 bits per heavy atom. The van der Waals surface area contributed by atoms with Gasteiger partial charge in [0, 0.05) is 43.5 Å². The number of amides is 1. The lowest BCUT2D eigenvalue weighted by Crippen LogP contribution is -2.30. The van der Waals surface area contributed by atoms with E-state index in [-0.39, 0.29) is 23.3 Å². The number of para-hydroxylation sites is 1. The molecule has 188 valence electrons. The molecule has 8 nitrogen and oxygen atoms in total. The van der Waals surface area contributed by atoms with E-state index in [4.69, 9.17) is 9.97 Å². The summed E-state index contributed by atoms with van der Waals surface area (Å²) in [7, 11) is 1.66. The molecule has 1 saturated carbocycles. The average Bonchev–Trinajstić information content (AvgIpc) is 3.65. The number of carbonyl (C=O) groups excluding carboxylic acids is 1. The summed E-state index contributed by atoms with van der Waals surface area (Å²) in [6.07, 6.45) is 8.12. The lowest BCUT2D eigenvalue weighted by molar-refractivity contribution is -0.123. The fourth-order valence-corrected chi connectivity index (χ4v) is 4.90. The number of hydrogen-bond donors (Lipinski definition) is 2. The van der Waals surface area contributed by atoms with Crippen LogP contribution in [0.4, 0.5) is 26.1 Å². The number of benzene rings is 1. The minimum absolute atomic E-state index is 0.0235. The molecule has 37 heavy (non-hydrogen) atoms. The molecule has 2 aliphatic rings. The second-order valence-electron chi connectivity index (χ2n) is 9.47. The van der Waals surface area contributed by atoms with Crippen LogP contribution >= 0.6 is 0 Å². The zero-order valence-electron chi connectivity index (χ0n) is 20.2.